The summed E-state index contributed by atoms with van der Waals surface area (Å²) in [7, 11) is 0. The Morgan fingerprint density at radius 3 is 2.54 bits per heavy atom. The maximum atomic E-state index is 11.1. The predicted molar refractivity (Wildman–Crippen MR) is 49.7 cm³/mol. The Morgan fingerprint density at radius 1 is 1.31 bits per heavy atom. The van der Waals surface area contributed by atoms with Gasteiger partial charge in [0.2, 0.25) is 0 Å². The molecular weight excluding hydrogens is 236 g/mol. The third-order valence-corrected chi connectivity index (χ3v) is 2.09. The van der Waals surface area contributed by atoms with Crippen LogP contribution in [0.2, 0.25) is 0 Å². The maximum absolute atomic E-state index is 11.1. The zero-order valence-electron chi connectivity index (χ0n) is 6.44. The second-order valence-corrected chi connectivity index (χ2v) is 3.31. The lowest BCUT2D eigenvalue weighted by atomic mass is 10.3. The molecule has 0 bridgehead atoms. The van der Waals surface area contributed by atoms with Crippen molar-refractivity contribution >= 4 is 15.9 Å². The molecule has 0 saturated carbocycles. The first kappa shape index (κ1) is 8.18. The predicted octanol–water partition coefficient (Wildman–Crippen LogP) is 0.718. The standard InChI is InChI=1S/C7H5BrN4O/c8-5-1-3-6(4-2-5)12-7(13)9-10-11-12/h1-4H,(H,9,11,13). The second kappa shape index (κ2) is 3.14. The van der Waals surface area contributed by atoms with E-state index in [2.05, 4.69) is 31.5 Å². The minimum absolute atomic E-state index is 0.415. The van der Waals surface area contributed by atoms with Crippen molar-refractivity contribution in [3.8, 4) is 5.69 Å². The molecule has 1 aromatic carbocycles. The summed E-state index contributed by atoms with van der Waals surface area (Å²) in [6.07, 6.45) is 0. The average Bonchev–Trinajstić information content (AvgIpc) is 2.53. The minimum Gasteiger partial charge on any atom is -0.242 e. The number of hydrogen-bond acceptors (Lipinski definition) is 3. The number of benzene rings is 1. The molecule has 0 amide bonds. The van der Waals surface area contributed by atoms with Gasteiger partial charge in [-0.05, 0) is 29.5 Å². The monoisotopic (exact) mass is 240 g/mol. The quantitative estimate of drug-likeness (QED) is 0.799. The lowest BCUT2D eigenvalue weighted by molar-refractivity contribution is 0.779. The second-order valence-electron chi connectivity index (χ2n) is 2.39. The first-order chi connectivity index (χ1) is 6.27. The Labute approximate surface area is 81.5 Å². The van der Waals surface area contributed by atoms with E-state index in [1.165, 1.54) is 4.68 Å². The summed E-state index contributed by atoms with van der Waals surface area (Å²) < 4.78 is 2.21. The minimum atomic E-state index is -0.415. The molecule has 0 aliphatic carbocycles. The fourth-order valence-electron chi connectivity index (χ4n) is 0.956. The van der Waals surface area contributed by atoms with E-state index in [0.717, 1.165) is 4.47 Å². The lowest BCUT2D eigenvalue weighted by Gasteiger charge is -1.97. The summed E-state index contributed by atoms with van der Waals surface area (Å²) in [5.41, 5.74) is 0.292. The van der Waals surface area contributed by atoms with Crippen LogP contribution >= 0.6 is 15.9 Å². The molecule has 2 rings (SSSR count). The molecule has 6 heteroatoms. The van der Waals surface area contributed by atoms with E-state index < -0.39 is 5.69 Å². The summed E-state index contributed by atoms with van der Waals surface area (Å²) in [5, 5.41) is 9.16. The first-order valence-corrected chi connectivity index (χ1v) is 4.33. The van der Waals surface area contributed by atoms with Gasteiger partial charge in [0.25, 0.3) is 0 Å². The smallest absolute Gasteiger partial charge is 0.242 e. The van der Waals surface area contributed by atoms with Gasteiger partial charge in [0.05, 0.1) is 5.69 Å². The van der Waals surface area contributed by atoms with E-state index in [1.54, 1.807) is 12.1 Å². The Bertz CT molecular complexity index is 458. The number of nitrogens with one attached hydrogen (secondary N) is 1. The number of halogens is 1. The van der Waals surface area contributed by atoms with Gasteiger partial charge < -0.3 is 0 Å². The van der Waals surface area contributed by atoms with Crippen LogP contribution in [-0.2, 0) is 0 Å². The van der Waals surface area contributed by atoms with Crippen molar-refractivity contribution in [2.24, 2.45) is 0 Å². The highest BCUT2D eigenvalue weighted by Gasteiger charge is 2.00. The van der Waals surface area contributed by atoms with Gasteiger partial charge >= 0.3 is 5.69 Å². The normalized spacial score (nSPS) is 10.2. The number of H-pyrrole nitrogens is 1. The van der Waals surface area contributed by atoms with Gasteiger partial charge in [0.15, 0.2) is 0 Å². The van der Waals surface area contributed by atoms with Crippen LogP contribution in [0.3, 0.4) is 0 Å². The Kier molecular flexibility index (Phi) is 1.97. The molecule has 0 spiro atoms. The lowest BCUT2D eigenvalue weighted by Crippen LogP contribution is -2.15. The van der Waals surface area contributed by atoms with Crippen molar-refractivity contribution in [2.45, 2.75) is 0 Å². The highest BCUT2D eigenvalue weighted by molar-refractivity contribution is 9.10. The average molecular weight is 241 g/mol. The fraction of sp³-hybridized carbons (Fsp3) is 0. The SMILES string of the molecule is O=c1nn[nH]n1-c1ccc(Br)cc1. The number of rotatable bonds is 1. The Balaban J connectivity index is 2.54. The van der Waals surface area contributed by atoms with Crippen molar-refractivity contribution in [2.75, 3.05) is 0 Å². The van der Waals surface area contributed by atoms with E-state index >= 15 is 0 Å². The summed E-state index contributed by atoms with van der Waals surface area (Å²) >= 11 is 3.30. The van der Waals surface area contributed by atoms with Gasteiger partial charge in [-0.15, -0.1) is 0 Å². The largest absolute Gasteiger partial charge is 0.388 e. The van der Waals surface area contributed by atoms with Gasteiger partial charge in [-0.25, -0.2) is 4.79 Å². The molecule has 0 atom stereocenters. The number of tetrazole rings is 1. The van der Waals surface area contributed by atoms with Crippen LogP contribution in [0.1, 0.15) is 0 Å². The molecule has 0 radical (unpaired) electrons. The molecular formula is C7H5BrN4O. The van der Waals surface area contributed by atoms with Gasteiger partial charge in [-0.1, -0.05) is 21.0 Å². The third-order valence-electron chi connectivity index (χ3n) is 1.56. The van der Waals surface area contributed by atoms with Gasteiger partial charge in [0.1, 0.15) is 0 Å². The molecule has 5 nitrogen and oxygen atoms in total. The van der Waals surface area contributed by atoms with E-state index in [1.807, 2.05) is 12.1 Å². The van der Waals surface area contributed by atoms with Crippen LogP contribution in [0.15, 0.2) is 33.5 Å². The molecule has 1 N–H and O–H groups in total. The summed E-state index contributed by atoms with van der Waals surface area (Å²) in [6, 6.07) is 7.24. The van der Waals surface area contributed by atoms with E-state index in [9.17, 15) is 4.79 Å². The highest BCUT2D eigenvalue weighted by atomic mass is 79.9. The maximum Gasteiger partial charge on any atom is 0.388 e. The van der Waals surface area contributed by atoms with Crippen LogP contribution in [0.5, 0.6) is 0 Å². The number of aromatic amines is 1. The molecule has 1 heterocycles. The van der Waals surface area contributed by atoms with Crippen LogP contribution in [0, 0.1) is 0 Å². The molecule has 13 heavy (non-hydrogen) atoms. The summed E-state index contributed by atoms with van der Waals surface area (Å²) in [6.45, 7) is 0. The molecule has 0 aliphatic rings. The molecule has 2 aromatic rings. The number of aromatic nitrogens is 4. The van der Waals surface area contributed by atoms with Crippen LogP contribution in [0.25, 0.3) is 5.69 Å². The van der Waals surface area contributed by atoms with Crippen molar-refractivity contribution in [1.29, 1.82) is 0 Å². The van der Waals surface area contributed by atoms with Crippen molar-refractivity contribution in [3.63, 3.8) is 0 Å². The van der Waals surface area contributed by atoms with Crippen LogP contribution in [-0.4, -0.2) is 20.2 Å². The summed E-state index contributed by atoms with van der Waals surface area (Å²) in [5.74, 6) is 0. The summed E-state index contributed by atoms with van der Waals surface area (Å²) in [4.78, 5) is 11.1. The zero-order chi connectivity index (χ0) is 9.26. The molecule has 1 aromatic heterocycles. The number of nitrogens with zero attached hydrogens (tertiary/aromatic N) is 3. The van der Waals surface area contributed by atoms with E-state index in [-0.39, 0.29) is 0 Å². The fourth-order valence-corrected chi connectivity index (χ4v) is 1.22. The van der Waals surface area contributed by atoms with Gasteiger partial charge in [-0.2, -0.15) is 9.90 Å². The van der Waals surface area contributed by atoms with Gasteiger partial charge in [-0.3, -0.25) is 0 Å². The van der Waals surface area contributed by atoms with Gasteiger partial charge in [0, 0.05) is 4.47 Å². The first-order valence-electron chi connectivity index (χ1n) is 3.53. The molecule has 66 valence electrons. The van der Waals surface area contributed by atoms with Crippen LogP contribution < -0.4 is 5.69 Å². The molecule has 0 unspecified atom stereocenters. The zero-order valence-corrected chi connectivity index (χ0v) is 8.02. The Hall–Kier alpha value is -1.43. The van der Waals surface area contributed by atoms with E-state index in [0.29, 0.717) is 5.69 Å². The topological polar surface area (TPSA) is 63.6 Å². The molecule has 0 aliphatic heterocycles. The van der Waals surface area contributed by atoms with Crippen LogP contribution in [0.4, 0.5) is 0 Å². The molecule has 0 saturated heterocycles. The van der Waals surface area contributed by atoms with Crippen molar-refractivity contribution in [1.82, 2.24) is 20.2 Å². The molecule has 0 fully saturated rings. The van der Waals surface area contributed by atoms with Crippen molar-refractivity contribution in [3.05, 3.63) is 39.2 Å². The third kappa shape index (κ3) is 1.52. The van der Waals surface area contributed by atoms with Crippen molar-refractivity contribution < 1.29 is 0 Å². The van der Waals surface area contributed by atoms with E-state index in [4.69, 9.17) is 0 Å². The Morgan fingerprint density at radius 2 is 2.00 bits per heavy atom. The highest BCUT2D eigenvalue weighted by Crippen LogP contribution is 2.11. The number of hydrogen-bond donors (Lipinski definition) is 1.